The Balaban J connectivity index is 1.44. The molecule has 0 aliphatic carbocycles. The molecule has 1 aromatic carbocycles. The summed E-state index contributed by atoms with van der Waals surface area (Å²) in [5, 5.41) is 14.3. The van der Waals surface area contributed by atoms with Gasteiger partial charge in [-0.1, -0.05) is 6.07 Å². The van der Waals surface area contributed by atoms with Crippen LogP contribution < -0.4 is 15.0 Å². The molecule has 0 radical (unpaired) electrons. The van der Waals surface area contributed by atoms with E-state index in [-0.39, 0.29) is 5.91 Å². The lowest BCUT2D eigenvalue weighted by atomic mass is 10.2. The largest absolute Gasteiger partial charge is 0.497 e. The zero-order valence-corrected chi connectivity index (χ0v) is 15.6. The molecule has 1 amide bonds. The number of hydrogen-bond acceptors (Lipinski definition) is 6. The summed E-state index contributed by atoms with van der Waals surface area (Å²) in [4.78, 5) is 16.8. The normalized spacial score (nSPS) is 14.7. The first-order chi connectivity index (χ1) is 12.7. The molecule has 1 aromatic heterocycles. The molecule has 0 saturated carbocycles. The van der Waals surface area contributed by atoms with Crippen LogP contribution in [0.5, 0.6) is 5.75 Å². The first kappa shape index (κ1) is 18.2. The first-order valence-electron chi connectivity index (χ1n) is 8.58. The lowest BCUT2D eigenvalue weighted by molar-refractivity contribution is -0.116. The number of carbonyl (C=O) groups excluding carboxylic acids is 1. The van der Waals surface area contributed by atoms with Gasteiger partial charge < -0.3 is 15.0 Å². The Labute approximate surface area is 157 Å². The molecule has 26 heavy (non-hydrogen) atoms. The van der Waals surface area contributed by atoms with Crippen molar-refractivity contribution < 1.29 is 9.53 Å². The standard InChI is InChI=1S/C19H22N4O2S/c1-25-17-4-2-3-16(13-17)23-10-8-22(9-11-23)7-5-18(24)21-19-15(14-20)6-12-26-19/h2-4,6,12-13H,5,7-11H2,1H3,(H,21,24). The van der Waals surface area contributed by atoms with Crippen molar-refractivity contribution in [3.05, 3.63) is 41.3 Å². The van der Waals surface area contributed by atoms with Crippen LogP contribution >= 0.6 is 11.3 Å². The Morgan fingerprint density at radius 3 is 2.85 bits per heavy atom. The van der Waals surface area contributed by atoms with E-state index in [0.717, 1.165) is 38.5 Å². The third-order valence-electron chi connectivity index (χ3n) is 4.48. The minimum absolute atomic E-state index is 0.0424. The van der Waals surface area contributed by atoms with Crippen molar-refractivity contribution in [2.75, 3.05) is 50.1 Å². The summed E-state index contributed by atoms with van der Waals surface area (Å²) < 4.78 is 5.29. The molecule has 6 nitrogen and oxygen atoms in total. The summed E-state index contributed by atoms with van der Waals surface area (Å²) in [6.45, 7) is 4.43. The number of benzene rings is 1. The van der Waals surface area contributed by atoms with Gasteiger partial charge in [-0.25, -0.2) is 0 Å². The number of anilines is 2. The SMILES string of the molecule is COc1cccc(N2CCN(CCC(=O)Nc3sccc3C#N)CC2)c1. The van der Waals surface area contributed by atoms with Gasteiger partial charge in [0.05, 0.1) is 12.7 Å². The smallest absolute Gasteiger partial charge is 0.226 e. The van der Waals surface area contributed by atoms with Crippen LogP contribution in [0.25, 0.3) is 0 Å². The molecular formula is C19H22N4O2S. The molecule has 3 rings (SSSR count). The minimum Gasteiger partial charge on any atom is -0.497 e. The molecule has 1 aliphatic heterocycles. The number of nitrogens with one attached hydrogen (secondary N) is 1. The third-order valence-corrected chi connectivity index (χ3v) is 5.31. The number of nitrogens with zero attached hydrogens (tertiary/aromatic N) is 3. The highest BCUT2D eigenvalue weighted by Gasteiger charge is 2.18. The third kappa shape index (κ3) is 4.54. The van der Waals surface area contributed by atoms with Crippen LogP contribution in [-0.4, -0.2) is 50.6 Å². The van der Waals surface area contributed by atoms with Crippen molar-refractivity contribution >= 4 is 27.9 Å². The van der Waals surface area contributed by atoms with Gasteiger partial charge in [-0.3, -0.25) is 9.69 Å². The highest BCUT2D eigenvalue weighted by molar-refractivity contribution is 7.14. The highest BCUT2D eigenvalue weighted by Crippen LogP contribution is 2.23. The number of nitriles is 1. The maximum absolute atomic E-state index is 12.1. The summed E-state index contributed by atoms with van der Waals surface area (Å²) in [5.74, 6) is 0.825. The molecule has 7 heteroatoms. The van der Waals surface area contributed by atoms with E-state index in [1.54, 1.807) is 13.2 Å². The Morgan fingerprint density at radius 1 is 1.31 bits per heavy atom. The summed E-state index contributed by atoms with van der Waals surface area (Å²) in [5.41, 5.74) is 1.69. The van der Waals surface area contributed by atoms with Crippen LogP contribution in [0.2, 0.25) is 0 Å². The average Bonchev–Trinajstić information content (AvgIpc) is 3.14. The number of rotatable bonds is 6. The Kier molecular flexibility index (Phi) is 6.10. The van der Waals surface area contributed by atoms with E-state index in [0.29, 0.717) is 17.0 Å². The fourth-order valence-corrected chi connectivity index (χ4v) is 3.73. The van der Waals surface area contributed by atoms with Crippen molar-refractivity contribution in [3.63, 3.8) is 0 Å². The first-order valence-corrected chi connectivity index (χ1v) is 9.46. The van der Waals surface area contributed by atoms with Gasteiger partial charge in [0.1, 0.15) is 16.8 Å². The Bertz CT molecular complexity index is 791. The van der Waals surface area contributed by atoms with Crippen molar-refractivity contribution in [1.82, 2.24) is 4.90 Å². The maximum Gasteiger partial charge on any atom is 0.226 e. The Morgan fingerprint density at radius 2 is 2.12 bits per heavy atom. The number of carbonyl (C=O) groups is 1. The molecule has 0 atom stereocenters. The number of piperazine rings is 1. The second-order valence-corrected chi connectivity index (χ2v) is 7.02. The number of thiophene rings is 1. The molecule has 1 aliphatic rings. The molecule has 0 bridgehead atoms. The zero-order valence-electron chi connectivity index (χ0n) is 14.8. The van der Waals surface area contributed by atoms with Gasteiger partial charge in [-0.05, 0) is 23.6 Å². The van der Waals surface area contributed by atoms with E-state index in [1.165, 1.54) is 17.0 Å². The van der Waals surface area contributed by atoms with Crippen LogP contribution in [0, 0.1) is 11.3 Å². The monoisotopic (exact) mass is 370 g/mol. The van der Waals surface area contributed by atoms with E-state index in [4.69, 9.17) is 10.00 Å². The van der Waals surface area contributed by atoms with Crippen LogP contribution in [0.15, 0.2) is 35.7 Å². The van der Waals surface area contributed by atoms with Crippen LogP contribution in [0.3, 0.4) is 0 Å². The molecule has 2 heterocycles. The van der Waals surface area contributed by atoms with Crippen molar-refractivity contribution in [1.29, 1.82) is 5.26 Å². The second-order valence-electron chi connectivity index (χ2n) is 6.10. The fraction of sp³-hybridized carbons (Fsp3) is 0.368. The molecule has 2 aromatic rings. The lowest BCUT2D eigenvalue weighted by Crippen LogP contribution is -2.47. The molecule has 0 unspecified atom stereocenters. The molecule has 1 fully saturated rings. The second kappa shape index (κ2) is 8.70. The van der Waals surface area contributed by atoms with Gasteiger partial charge in [0.2, 0.25) is 5.91 Å². The number of hydrogen-bond donors (Lipinski definition) is 1. The summed E-state index contributed by atoms with van der Waals surface area (Å²) in [6, 6.07) is 11.9. The maximum atomic E-state index is 12.1. The van der Waals surface area contributed by atoms with Gasteiger partial charge >= 0.3 is 0 Å². The van der Waals surface area contributed by atoms with Gasteiger partial charge in [0, 0.05) is 50.9 Å². The van der Waals surface area contributed by atoms with E-state index >= 15 is 0 Å². The van der Waals surface area contributed by atoms with E-state index in [2.05, 4.69) is 33.3 Å². The van der Waals surface area contributed by atoms with Gasteiger partial charge in [-0.2, -0.15) is 5.26 Å². The molecular weight excluding hydrogens is 348 g/mol. The van der Waals surface area contributed by atoms with Crippen molar-refractivity contribution in [3.8, 4) is 11.8 Å². The molecule has 0 spiro atoms. The van der Waals surface area contributed by atoms with Gasteiger partial charge in [-0.15, -0.1) is 11.3 Å². The summed E-state index contributed by atoms with van der Waals surface area (Å²) in [7, 11) is 1.68. The van der Waals surface area contributed by atoms with Crippen molar-refractivity contribution in [2.24, 2.45) is 0 Å². The van der Waals surface area contributed by atoms with Crippen LogP contribution in [-0.2, 0) is 4.79 Å². The van der Waals surface area contributed by atoms with E-state index in [1.807, 2.05) is 17.5 Å². The van der Waals surface area contributed by atoms with Gasteiger partial charge in [0.25, 0.3) is 0 Å². The minimum atomic E-state index is -0.0424. The number of ether oxygens (including phenoxy) is 1. The average molecular weight is 370 g/mol. The van der Waals surface area contributed by atoms with E-state index in [9.17, 15) is 4.79 Å². The summed E-state index contributed by atoms with van der Waals surface area (Å²) >= 11 is 1.38. The van der Waals surface area contributed by atoms with Gasteiger partial charge in [0.15, 0.2) is 0 Å². The molecule has 136 valence electrons. The molecule has 1 saturated heterocycles. The van der Waals surface area contributed by atoms with Crippen molar-refractivity contribution in [2.45, 2.75) is 6.42 Å². The highest BCUT2D eigenvalue weighted by atomic mass is 32.1. The fourth-order valence-electron chi connectivity index (χ4n) is 2.98. The predicted molar refractivity (Wildman–Crippen MR) is 104 cm³/mol. The quantitative estimate of drug-likeness (QED) is 0.847. The summed E-state index contributed by atoms with van der Waals surface area (Å²) in [6.07, 6.45) is 0.432. The molecule has 1 N–H and O–H groups in total. The van der Waals surface area contributed by atoms with Crippen LogP contribution in [0.1, 0.15) is 12.0 Å². The lowest BCUT2D eigenvalue weighted by Gasteiger charge is -2.36. The van der Waals surface area contributed by atoms with E-state index < -0.39 is 0 Å². The van der Waals surface area contributed by atoms with Crippen LogP contribution in [0.4, 0.5) is 10.7 Å². The zero-order chi connectivity index (χ0) is 18.4. The Hall–Kier alpha value is -2.56. The topological polar surface area (TPSA) is 68.6 Å². The number of amides is 1. The predicted octanol–water partition coefficient (Wildman–Crippen LogP) is 2.78. The number of methoxy groups -OCH3 is 1.